The van der Waals surface area contributed by atoms with Crippen molar-refractivity contribution in [1.82, 2.24) is 14.8 Å². The molecule has 5 heteroatoms. The SMILES string of the molecule is Cc1ccc(CC(Cc2ncnn2C)C(=O)O)cc1. The number of hydrogen-bond donors (Lipinski definition) is 1. The maximum Gasteiger partial charge on any atom is 0.307 e. The van der Waals surface area contributed by atoms with Gasteiger partial charge in [-0.15, -0.1) is 0 Å². The van der Waals surface area contributed by atoms with Gasteiger partial charge in [-0.3, -0.25) is 9.48 Å². The van der Waals surface area contributed by atoms with Crippen molar-refractivity contribution in [3.63, 3.8) is 0 Å². The van der Waals surface area contributed by atoms with Crippen LogP contribution in [-0.2, 0) is 24.7 Å². The lowest BCUT2D eigenvalue weighted by Gasteiger charge is -2.12. The third kappa shape index (κ3) is 3.40. The molecule has 5 nitrogen and oxygen atoms in total. The Morgan fingerprint density at radius 1 is 1.32 bits per heavy atom. The molecule has 1 aromatic heterocycles. The lowest BCUT2D eigenvalue weighted by molar-refractivity contribution is -0.141. The van der Waals surface area contributed by atoms with E-state index in [0.717, 1.165) is 5.56 Å². The second-order valence-electron chi connectivity index (χ2n) is 4.73. The molecule has 19 heavy (non-hydrogen) atoms. The van der Waals surface area contributed by atoms with Crippen LogP contribution < -0.4 is 0 Å². The standard InChI is InChI=1S/C14H17N3O2/c1-10-3-5-11(6-4-10)7-12(14(18)19)8-13-15-9-16-17(13)2/h3-6,9,12H,7-8H2,1-2H3,(H,18,19). The summed E-state index contributed by atoms with van der Waals surface area (Å²) in [5, 5.41) is 13.3. The highest BCUT2D eigenvalue weighted by Gasteiger charge is 2.20. The van der Waals surface area contributed by atoms with E-state index in [0.29, 0.717) is 18.7 Å². The first-order valence-electron chi connectivity index (χ1n) is 6.17. The zero-order valence-electron chi connectivity index (χ0n) is 11.1. The van der Waals surface area contributed by atoms with E-state index in [4.69, 9.17) is 0 Å². The van der Waals surface area contributed by atoms with Crippen molar-refractivity contribution < 1.29 is 9.90 Å². The Labute approximate surface area is 111 Å². The first-order valence-corrected chi connectivity index (χ1v) is 6.17. The van der Waals surface area contributed by atoms with Crippen LogP contribution in [0.3, 0.4) is 0 Å². The van der Waals surface area contributed by atoms with Gasteiger partial charge >= 0.3 is 5.97 Å². The number of aryl methyl sites for hydroxylation is 2. The molecule has 2 aromatic rings. The Hall–Kier alpha value is -2.17. The number of carboxylic acid groups (broad SMARTS) is 1. The van der Waals surface area contributed by atoms with Gasteiger partial charge in [0.15, 0.2) is 0 Å². The molecule has 1 heterocycles. The molecule has 100 valence electrons. The summed E-state index contributed by atoms with van der Waals surface area (Å²) in [6.45, 7) is 2.01. The first kappa shape index (κ1) is 13.3. The maximum absolute atomic E-state index is 11.4. The van der Waals surface area contributed by atoms with Gasteiger partial charge in [0.1, 0.15) is 12.2 Å². The molecule has 0 saturated heterocycles. The molecule has 0 aliphatic rings. The number of nitrogens with zero attached hydrogens (tertiary/aromatic N) is 3. The van der Waals surface area contributed by atoms with E-state index < -0.39 is 11.9 Å². The molecule has 1 aromatic carbocycles. The molecule has 0 radical (unpaired) electrons. The summed E-state index contributed by atoms with van der Waals surface area (Å²) in [6.07, 6.45) is 2.34. The summed E-state index contributed by atoms with van der Waals surface area (Å²) in [7, 11) is 1.77. The van der Waals surface area contributed by atoms with Crippen LogP contribution >= 0.6 is 0 Å². The lowest BCUT2D eigenvalue weighted by Crippen LogP contribution is -2.21. The fraction of sp³-hybridized carbons (Fsp3) is 0.357. The van der Waals surface area contributed by atoms with Gasteiger partial charge in [0.25, 0.3) is 0 Å². The van der Waals surface area contributed by atoms with Gasteiger partial charge in [-0.25, -0.2) is 4.98 Å². The topological polar surface area (TPSA) is 68.0 Å². The average molecular weight is 259 g/mol. The average Bonchev–Trinajstić information content (AvgIpc) is 2.77. The van der Waals surface area contributed by atoms with E-state index in [-0.39, 0.29) is 0 Å². The fourth-order valence-corrected chi connectivity index (χ4v) is 1.98. The lowest BCUT2D eigenvalue weighted by atomic mass is 9.95. The van der Waals surface area contributed by atoms with Crippen LogP contribution in [0.15, 0.2) is 30.6 Å². The molecule has 1 atom stereocenters. The summed E-state index contributed by atoms with van der Waals surface area (Å²) in [6, 6.07) is 7.94. The number of aromatic nitrogens is 3. The van der Waals surface area contributed by atoms with Crippen LogP contribution in [0, 0.1) is 12.8 Å². The first-order chi connectivity index (χ1) is 9.06. The second-order valence-corrected chi connectivity index (χ2v) is 4.73. The van der Waals surface area contributed by atoms with Crippen molar-refractivity contribution in [1.29, 1.82) is 0 Å². The van der Waals surface area contributed by atoms with E-state index >= 15 is 0 Å². The van der Waals surface area contributed by atoms with Crippen LogP contribution in [-0.4, -0.2) is 25.8 Å². The molecule has 2 rings (SSSR count). The molecule has 1 unspecified atom stereocenters. The Morgan fingerprint density at radius 3 is 2.53 bits per heavy atom. The summed E-state index contributed by atoms with van der Waals surface area (Å²) >= 11 is 0. The number of benzene rings is 1. The van der Waals surface area contributed by atoms with Gasteiger partial charge in [0.05, 0.1) is 5.92 Å². The number of carbonyl (C=O) groups is 1. The maximum atomic E-state index is 11.4. The largest absolute Gasteiger partial charge is 0.481 e. The molecular weight excluding hydrogens is 242 g/mol. The molecule has 0 aliphatic carbocycles. The molecule has 0 saturated carbocycles. The highest BCUT2D eigenvalue weighted by molar-refractivity contribution is 5.70. The van der Waals surface area contributed by atoms with Crippen molar-refractivity contribution in [2.45, 2.75) is 19.8 Å². The molecule has 0 fully saturated rings. The zero-order chi connectivity index (χ0) is 13.8. The van der Waals surface area contributed by atoms with Crippen molar-refractivity contribution >= 4 is 5.97 Å². The Kier molecular flexibility index (Phi) is 3.94. The van der Waals surface area contributed by atoms with E-state index in [1.165, 1.54) is 11.9 Å². The number of rotatable bonds is 5. The minimum absolute atomic E-state index is 0.389. The van der Waals surface area contributed by atoms with E-state index in [1.54, 1.807) is 11.7 Å². The van der Waals surface area contributed by atoms with Gasteiger partial charge in [-0.05, 0) is 18.9 Å². The van der Waals surface area contributed by atoms with Crippen molar-refractivity contribution in [2.75, 3.05) is 0 Å². The van der Waals surface area contributed by atoms with Gasteiger partial charge in [0.2, 0.25) is 0 Å². The molecule has 0 aliphatic heterocycles. The molecule has 0 bridgehead atoms. The van der Waals surface area contributed by atoms with Crippen molar-refractivity contribution in [3.05, 3.63) is 47.5 Å². The van der Waals surface area contributed by atoms with Crippen molar-refractivity contribution in [3.8, 4) is 0 Å². The Balaban J connectivity index is 2.10. The highest BCUT2D eigenvalue weighted by atomic mass is 16.4. The van der Waals surface area contributed by atoms with Crippen LogP contribution in [0.5, 0.6) is 0 Å². The smallest absolute Gasteiger partial charge is 0.307 e. The van der Waals surface area contributed by atoms with Crippen LogP contribution in [0.25, 0.3) is 0 Å². The van der Waals surface area contributed by atoms with Gasteiger partial charge in [-0.2, -0.15) is 5.10 Å². The zero-order valence-corrected chi connectivity index (χ0v) is 11.1. The predicted octanol–water partition coefficient (Wildman–Crippen LogP) is 1.61. The minimum atomic E-state index is -0.802. The summed E-state index contributed by atoms with van der Waals surface area (Å²) in [5.74, 6) is -0.589. The predicted molar refractivity (Wildman–Crippen MR) is 70.7 cm³/mol. The van der Waals surface area contributed by atoms with E-state index in [1.807, 2.05) is 31.2 Å². The number of hydrogen-bond acceptors (Lipinski definition) is 3. The van der Waals surface area contributed by atoms with Crippen LogP contribution in [0.2, 0.25) is 0 Å². The summed E-state index contributed by atoms with van der Waals surface area (Å²) in [5.41, 5.74) is 2.20. The fourth-order valence-electron chi connectivity index (χ4n) is 1.98. The Bertz CT molecular complexity index is 560. The molecular formula is C14H17N3O2. The highest BCUT2D eigenvalue weighted by Crippen LogP contribution is 2.14. The second kappa shape index (κ2) is 5.65. The summed E-state index contributed by atoms with van der Waals surface area (Å²) < 4.78 is 1.62. The quantitative estimate of drug-likeness (QED) is 0.885. The van der Waals surface area contributed by atoms with Gasteiger partial charge in [0, 0.05) is 13.5 Å². The van der Waals surface area contributed by atoms with E-state index in [2.05, 4.69) is 10.1 Å². The number of carboxylic acids is 1. The Morgan fingerprint density at radius 2 is 2.00 bits per heavy atom. The molecule has 0 spiro atoms. The third-order valence-electron chi connectivity index (χ3n) is 3.19. The minimum Gasteiger partial charge on any atom is -0.481 e. The van der Waals surface area contributed by atoms with Gasteiger partial charge < -0.3 is 5.11 Å². The summed E-state index contributed by atoms with van der Waals surface area (Å²) in [4.78, 5) is 15.4. The molecule has 0 amide bonds. The van der Waals surface area contributed by atoms with Crippen LogP contribution in [0.1, 0.15) is 17.0 Å². The van der Waals surface area contributed by atoms with Crippen LogP contribution in [0.4, 0.5) is 0 Å². The number of aliphatic carboxylic acids is 1. The third-order valence-corrected chi connectivity index (χ3v) is 3.19. The normalized spacial score (nSPS) is 12.3. The van der Waals surface area contributed by atoms with Crippen molar-refractivity contribution in [2.24, 2.45) is 13.0 Å². The van der Waals surface area contributed by atoms with Gasteiger partial charge in [-0.1, -0.05) is 29.8 Å². The molecule has 1 N–H and O–H groups in total. The monoisotopic (exact) mass is 259 g/mol. The van der Waals surface area contributed by atoms with E-state index in [9.17, 15) is 9.90 Å².